The van der Waals surface area contributed by atoms with Crippen molar-refractivity contribution in [2.75, 3.05) is 13.2 Å². The lowest BCUT2D eigenvalue weighted by atomic mass is 10.1. The van der Waals surface area contributed by atoms with E-state index < -0.39 is 6.10 Å². The van der Waals surface area contributed by atoms with Crippen LogP contribution in [0.2, 0.25) is 0 Å². The van der Waals surface area contributed by atoms with Gasteiger partial charge in [-0.2, -0.15) is 0 Å². The molecule has 0 radical (unpaired) electrons. The van der Waals surface area contributed by atoms with Crippen LogP contribution in [0.1, 0.15) is 175 Å². The number of allylic oxidation sites excluding steroid dienone is 22. The molecule has 0 aromatic rings. The van der Waals surface area contributed by atoms with E-state index in [0.717, 1.165) is 116 Å². The summed E-state index contributed by atoms with van der Waals surface area (Å²) in [5, 5.41) is 0. The first-order valence-corrected chi connectivity index (χ1v) is 23.8. The van der Waals surface area contributed by atoms with Gasteiger partial charge in [0.05, 0.1) is 0 Å². The summed E-state index contributed by atoms with van der Waals surface area (Å²) in [5.74, 6) is -1.02. The third-order valence-electron chi connectivity index (χ3n) is 9.28. The second-order valence-corrected chi connectivity index (χ2v) is 15.0. The minimum absolute atomic E-state index is 0.117. The van der Waals surface area contributed by atoms with E-state index in [1.165, 1.54) is 12.8 Å². The Morgan fingerprint density at radius 3 is 1.21 bits per heavy atom. The lowest BCUT2D eigenvalue weighted by Gasteiger charge is -2.18. The van der Waals surface area contributed by atoms with Gasteiger partial charge in [0.25, 0.3) is 0 Å². The van der Waals surface area contributed by atoms with Crippen molar-refractivity contribution in [3.63, 3.8) is 0 Å². The largest absolute Gasteiger partial charge is 0.462 e. The quantitative estimate of drug-likeness (QED) is 0.0201. The highest BCUT2D eigenvalue weighted by Gasteiger charge is 2.19. The maximum atomic E-state index is 12.8. The highest BCUT2D eigenvalue weighted by Crippen LogP contribution is 2.11. The highest BCUT2D eigenvalue weighted by molar-refractivity contribution is 5.71. The van der Waals surface area contributed by atoms with Gasteiger partial charge in [0.1, 0.15) is 13.2 Å². The standard InChI is InChI=1S/C55H84O6/c1-4-7-10-13-16-19-22-24-26-28-30-31-33-36-39-42-45-48-54(57)60-51-52(50-59-53(56)47-44-41-38-35-21-18-15-12-9-6-3)61-55(58)49-46-43-40-37-34-32-29-27-25-23-20-17-14-11-8-5-2/h7-8,10-11,13,15-20,22,24-28,30-34,52H,4-6,9,12,14,21,23,29,35-51H2,1-3H3/b10-7-,11-8-,16-13-,18-15-,20-17-,22-19-,26-24-,27-25-,30-28+,33-31-,34-32-. The molecule has 0 saturated carbocycles. The summed E-state index contributed by atoms with van der Waals surface area (Å²) in [4.78, 5) is 37.8. The molecule has 0 aliphatic carbocycles. The second-order valence-electron chi connectivity index (χ2n) is 15.0. The van der Waals surface area contributed by atoms with Crippen LogP contribution < -0.4 is 0 Å². The molecule has 0 rings (SSSR count). The Hall–Kier alpha value is -4.45. The molecule has 0 N–H and O–H groups in total. The van der Waals surface area contributed by atoms with E-state index in [-0.39, 0.29) is 37.5 Å². The molecule has 1 unspecified atom stereocenters. The van der Waals surface area contributed by atoms with Crippen molar-refractivity contribution in [1.82, 2.24) is 0 Å². The number of carbonyl (C=O) groups is 3. The van der Waals surface area contributed by atoms with Crippen molar-refractivity contribution < 1.29 is 28.6 Å². The summed E-state index contributed by atoms with van der Waals surface area (Å²) < 4.78 is 16.7. The average molecular weight is 841 g/mol. The van der Waals surface area contributed by atoms with Crippen LogP contribution >= 0.6 is 0 Å². The summed E-state index contributed by atoms with van der Waals surface area (Å²) in [7, 11) is 0. The van der Waals surface area contributed by atoms with Crippen molar-refractivity contribution in [2.45, 2.75) is 181 Å². The smallest absolute Gasteiger partial charge is 0.306 e. The summed E-state index contributed by atoms with van der Waals surface area (Å²) in [5.41, 5.74) is 0. The van der Waals surface area contributed by atoms with Crippen LogP contribution in [0.3, 0.4) is 0 Å². The van der Waals surface area contributed by atoms with Crippen LogP contribution in [-0.2, 0) is 28.6 Å². The average Bonchev–Trinajstić information content (AvgIpc) is 3.26. The lowest BCUT2D eigenvalue weighted by molar-refractivity contribution is -0.167. The van der Waals surface area contributed by atoms with Crippen LogP contribution in [0.5, 0.6) is 0 Å². The molecule has 0 bridgehead atoms. The summed E-state index contributed by atoms with van der Waals surface area (Å²) in [6.45, 7) is 6.22. The highest BCUT2D eigenvalue weighted by atomic mass is 16.6. The lowest BCUT2D eigenvalue weighted by Crippen LogP contribution is -2.30. The van der Waals surface area contributed by atoms with Crippen LogP contribution in [0.25, 0.3) is 0 Å². The van der Waals surface area contributed by atoms with Crippen molar-refractivity contribution in [3.8, 4) is 0 Å². The minimum atomic E-state index is -0.821. The molecule has 6 heteroatoms. The van der Waals surface area contributed by atoms with Gasteiger partial charge in [0, 0.05) is 19.3 Å². The number of esters is 3. The Labute approximate surface area is 373 Å². The maximum absolute atomic E-state index is 12.8. The normalized spacial score (nSPS) is 13.3. The first-order valence-electron chi connectivity index (χ1n) is 23.8. The van der Waals surface area contributed by atoms with Gasteiger partial charge >= 0.3 is 17.9 Å². The zero-order valence-electron chi connectivity index (χ0n) is 38.6. The fraction of sp³-hybridized carbons (Fsp3) is 0.545. The summed E-state index contributed by atoms with van der Waals surface area (Å²) in [6.07, 6.45) is 67.2. The fourth-order valence-electron chi connectivity index (χ4n) is 5.74. The first-order chi connectivity index (χ1) is 30.0. The van der Waals surface area contributed by atoms with E-state index in [9.17, 15) is 14.4 Å². The van der Waals surface area contributed by atoms with Crippen molar-refractivity contribution in [3.05, 3.63) is 134 Å². The number of unbranched alkanes of at least 4 members (excludes halogenated alkanes) is 12. The van der Waals surface area contributed by atoms with Gasteiger partial charge in [-0.05, 0) is 96.3 Å². The molecule has 0 aromatic carbocycles. The van der Waals surface area contributed by atoms with Gasteiger partial charge in [-0.1, -0.05) is 193 Å². The van der Waals surface area contributed by atoms with E-state index in [1.54, 1.807) is 0 Å². The third-order valence-corrected chi connectivity index (χ3v) is 9.28. The molecule has 1 atom stereocenters. The molecular formula is C55H84O6. The molecule has 0 heterocycles. The van der Waals surface area contributed by atoms with Crippen LogP contribution in [0, 0.1) is 0 Å². The van der Waals surface area contributed by atoms with Gasteiger partial charge in [0.15, 0.2) is 6.10 Å². The van der Waals surface area contributed by atoms with Crippen molar-refractivity contribution in [2.24, 2.45) is 0 Å². The first kappa shape index (κ1) is 56.5. The van der Waals surface area contributed by atoms with E-state index in [4.69, 9.17) is 14.2 Å². The van der Waals surface area contributed by atoms with Gasteiger partial charge < -0.3 is 14.2 Å². The topological polar surface area (TPSA) is 78.9 Å². The van der Waals surface area contributed by atoms with E-state index >= 15 is 0 Å². The molecule has 61 heavy (non-hydrogen) atoms. The Morgan fingerprint density at radius 2 is 0.721 bits per heavy atom. The van der Waals surface area contributed by atoms with Gasteiger partial charge in [-0.3, -0.25) is 14.4 Å². The van der Waals surface area contributed by atoms with Gasteiger partial charge in [-0.15, -0.1) is 0 Å². The molecule has 0 aromatic heterocycles. The van der Waals surface area contributed by atoms with E-state index in [0.29, 0.717) is 19.3 Å². The molecular weight excluding hydrogens is 757 g/mol. The van der Waals surface area contributed by atoms with Gasteiger partial charge in [0.2, 0.25) is 0 Å². The monoisotopic (exact) mass is 841 g/mol. The predicted molar refractivity (Wildman–Crippen MR) is 260 cm³/mol. The molecule has 0 amide bonds. The van der Waals surface area contributed by atoms with Crippen LogP contribution in [-0.4, -0.2) is 37.2 Å². The van der Waals surface area contributed by atoms with Crippen molar-refractivity contribution in [1.29, 1.82) is 0 Å². The third kappa shape index (κ3) is 46.5. The molecule has 0 fully saturated rings. The Balaban J connectivity index is 4.57. The van der Waals surface area contributed by atoms with Crippen molar-refractivity contribution >= 4 is 17.9 Å². The Kier molecular flexibility index (Phi) is 44.7. The van der Waals surface area contributed by atoms with Gasteiger partial charge in [-0.25, -0.2) is 0 Å². The SMILES string of the molecule is CC\C=C/C=C\C=C/C=C\C=C\C=C/CCCCCC(=O)OCC(COC(=O)CCCCCC/C=C\CCCC)OC(=O)CCCCC/C=C\C/C=C\C/C=C\C/C=C\CC. The Morgan fingerprint density at radius 1 is 0.361 bits per heavy atom. The number of hydrogen-bond donors (Lipinski definition) is 0. The molecule has 6 nitrogen and oxygen atoms in total. The van der Waals surface area contributed by atoms with Crippen LogP contribution in [0.4, 0.5) is 0 Å². The molecule has 0 aliphatic rings. The number of ether oxygens (including phenoxy) is 3. The molecule has 0 spiro atoms. The van der Waals surface area contributed by atoms with Crippen LogP contribution in [0.15, 0.2) is 134 Å². The fourth-order valence-corrected chi connectivity index (χ4v) is 5.74. The number of hydrogen-bond acceptors (Lipinski definition) is 6. The number of rotatable bonds is 40. The second kappa shape index (κ2) is 48.2. The summed E-state index contributed by atoms with van der Waals surface area (Å²) >= 11 is 0. The maximum Gasteiger partial charge on any atom is 0.306 e. The Bertz CT molecular complexity index is 1380. The number of carbonyl (C=O) groups excluding carboxylic acids is 3. The van der Waals surface area contributed by atoms with E-state index in [2.05, 4.69) is 93.7 Å². The molecule has 0 saturated heterocycles. The summed E-state index contributed by atoms with van der Waals surface area (Å²) in [6, 6.07) is 0. The zero-order chi connectivity index (χ0) is 44.4. The predicted octanol–water partition coefficient (Wildman–Crippen LogP) is 15.5. The minimum Gasteiger partial charge on any atom is -0.462 e. The molecule has 340 valence electrons. The van der Waals surface area contributed by atoms with E-state index in [1.807, 2.05) is 60.8 Å². The molecule has 0 aliphatic heterocycles. The zero-order valence-corrected chi connectivity index (χ0v) is 38.6.